The van der Waals surface area contributed by atoms with Gasteiger partial charge < -0.3 is 10.2 Å². The number of hydrogen-bond acceptors (Lipinski definition) is 4. The molecule has 6 heteroatoms. The lowest BCUT2D eigenvalue weighted by molar-refractivity contribution is 0.187. The highest BCUT2D eigenvalue weighted by Crippen LogP contribution is 2.16. The number of sulfonamides is 1. The summed E-state index contributed by atoms with van der Waals surface area (Å²) in [7, 11) is 2.52. The van der Waals surface area contributed by atoms with E-state index in [1.807, 2.05) is 14.1 Å². The molecule has 0 aromatic carbocycles. The quantitative estimate of drug-likeness (QED) is 0.683. The molecule has 1 atom stereocenters. The molecule has 0 amide bonds. The van der Waals surface area contributed by atoms with Crippen LogP contribution in [-0.2, 0) is 10.0 Å². The molecular weight excluding hydrogens is 238 g/mol. The number of likely N-dealkylation sites (tertiary alicyclic amines) is 1. The molecule has 0 spiro atoms. The first-order valence-corrected chi connectivity index (χ1v) is 7.87. The molecule has 0 aromatic heterocycles. The van der Waals surface area contributed by atoms with Crippen LogP contribution < -0.4 is 5.32 Å². The molecule has 1 saturated heterocycles. The van der Waals surface area contributed by atoms with Crippen molar-refractivity contribution in [1.82, 2.24) is 14.5 Å². The first kappa shape index (κ1) is 14.9. The van der Waals surface area contributed by atoms with Gasteiger partial charge in [-0.05, 0) is 46.4 Å². The highest BCUT2D eigenvalue weighted by molar-refractivity contribution is 7.89. The largest absolute Gasteiger partial charge is 0.320 e. The number of piperidine rings is 1. The fourth-order valence-electron chi connectivity index (χ4n) is 2.24. The average Bonchev–Trinajstić information content (AvgIpc) is 2.28. The maximum atomic E-state index is 12.1. The second kappa shape index (κ2) is 6.68. The van der Waals surface area contributed by atoms with Crippen molar-refractivity contribution in [1.29, 1.82) is 0 Å². The normalized spacial score (nSPS) is 23.2. The van der Waals surface area contributed by atoms with Gasteiger partial charge in [0.05, 0.1) is 5.75 Å². The van der Waals surface area contributed by atoms with Gasteiger partial charge in [-0.15, -0.1) is 0 Å². The molecule has 1 heterocycles. The number of rotatable bonds is 6. The Bertz CT molecular complexity index is 319. The van der Waals surface area contributed by atoms with E-state index in [-0.39, 0.29) is 11.8 Å². The molecular formula is C11H25N3O2S. The second-order valence-corrected chi connectivity index (χ2v) is 7.00. The van der Waals surface area contributed by atoms with Crippen LogP contribution in [0.1, 0.15) is 19.3 Å². The summed E-state index contributed by atoms with van der Waals surface area (Å²) in [6.45, 7) is 2.67. The zero-order chi connectivity index (χ0) is 12.9. The van der Waals surface area contributed by atoms with Gasteiger partial charge in [-0.2, -0.15) is 0 Å². The molecule has 1 rings (SSSR count). The van der Waals surface area contributed by atoms with Gasteiger partial charge in [-0.1, -0.05) is 0 Å². The first-order valence-electron chi connectivity index (χ1n) is 6.26. The lowest BCUT2D eigenvalue weighted by atomic mass is 10.1. The summed E-state index contributed by atoms with van der Waals surface area (Å²) < 4.78 is 25.8. The van der Waals surface area contributed by atoms with Crippen LogP contribution >= 0.6 is 0 Å². The highest BCUT2D eigenvalue weighted by Gasteiger charge is 2.28. The summed E-state index contributed by atoms with van der Waals surface area (Å²) in [6.07, 6.45) is 2.73. The Morgan fingerprint density at radius 1 is 1.47 bits per heavy atom. The summed E-state index contributed by atoms with van der Waals surface area (Å²) in [6, 6.07) is 0.147. The lowest BCUT2D eigenvalue weighted by Gasteiger charge is -2.35. The van der Waals surface area contributed by atoms with Crippen molar-refractivity contribution < 1.29 is 8.42 Å². The molecule has 1 fully saturated rings. The topological polar surface area (TPSA) is 52.7 Å². The van der Waals surface area contributed by atoms with E-state index in [4.69, 9.17) is 0 Å². The molecule has 0 bridgehead atoms. The smallest absolute Gasteiger partial charge is 0.214 e. The minimum absolute atomic E-state index is 0.147. The monoisotopic (exact) mass is 263 g/mol. The Balaban J connectivity index is 2.51. The third-order valence-electron chi connectivity index (χ3n) is 3.38. The predicted molar refractivity (Wildman–Crippen MR) is 70.6 cm³/mol. The standard InChI is InChI=1S/C11H25N3O2S/c1-12-7-5-9-17(15,16)14(3)11-6-4-8-13(2)10-11/h11-12H,4-10H2,1-3H3. The van der Waals surface area contributed by atoms with E-state index < -0.39 is 10.0 Å². The van der Waals surface area contributed by atoms with Crippen molar-refractivity contribution >= 4 is 10.0 Å². The molecule has 1 unspecified atom stereocenters. The molecule has 1 aliphatic rings. The molecule has 1 aliphatic heterocycles. The minimum atomic E-state index is -3.09. The third kappa shape index (κ3) is 4.54. The Morgan fingerprint density at radius 3 is 2.76 bits per heavy atom. The van der Waals surface area contributed by atoms with Crippen LogP contribution in [0.3, 0.4) is 0 Å². The number of nitrogens with one attached hydrogen (secondary N) is 1. The molecule has 17 heavy (non-hydrogen) atoms. The Kier molecular flexibility index (Phi) is 5.85. The average molecular weight is 263 g/mol. The van der Waals surface area contributed by atoms with Gasteiger partial charge in [-0.25, -0.2) is 12.7 Å². The highest BCUT2D eigenvalue weighted by atomic mass is 32.2. The molecule has 0 saturated carbocycles. The fourth-order valence-corrected chi connectivity index (χ4v) is 3.66. The lowest BCUT2D eigenvalue weighted by Crippen LogP contribution is -2.47. The van der Waals surface area contributed by atoms with Gasteiger partial charge in [0.2, 0.25) is 10.0 Å². The van der Waals surface area contributed by atoms with E-state index >= 15 is 0 Å². The molecule has 5 nitrogen and oxygen atoms in total. The zero-order valence-corrected chi connectivity index (χ0v) is 12.0. The second-order valence-electron chi connectivity index (χ2n) is 4.85. The molecule has 0 radical (unpaired) electrons. The fraction of sp³-hybridized carbons (Fsp3) is 1.00. The van der Waals surface area contributed by atoms with Crippen LogP contribution in [0, 0.1) is 0 Å². The zero-order valence-electron chi connectivity index (χ0n) is 11.1. The van der Waals surface area contributed by atoms with Crippen molar-refractivity contribution in [2.24, 2.45) is 0 Å². The van der Waals surface area contributed by atoms with E-state index in [1.165, 1.54) is 0 Å². The van der Waals surface area contributed by atoms with E-state index in [2.05, 4.69) is 10.2 Å². The Labute approximate surface area is 105 Å². The van der Waals surface area contributed by atoms with Crippen molar-refractivity contribution in [3.63, 3.8) is 0 Å². The maximum absolute atomic E-state index is 12.1. The van der Waals surface area contributed by atoms with Crippen LogP contribution in [0.25, 0.3) is 0 Å². The summed E-state index contributed by atoms with van der Waals surface area (Å²) in [5, 5.41) is 2.97. The Morgan fingerprint density at radius 2 is 2.18 bits per heavy atom. The van der Waals surface area contributed by atoms with Crippen molar-refractivity contribution in [3.05, 3.63) is 0 Å². The SMILES string of the molecule is CNCCCS(=O)(=O)N(C)C1CCCN(C)C1. The summed E-state index contributed by atoms with van der Waals surface area (Å²) in [4.78, 5) is 2.20. The van der Waals surface area contributed by atoms with Gasteiger partial charge in [0.25, 0.3) is 0 Å². The van der Waals surface area contributed by atoms with Crippen molar-refractivity contribution in [2.75, 3.05) is 46.5 Å². The van der Waals surface area contributed by atoms with Crippen molar-refractivity contribution in [3.8, 4) is 0 Å². The van der Waals surface area contributed by atoms with Crippen LogP contribution in [0.4, 0.5) is 0 Å². The van der Waals surface area contributed by atoms with E-state index in [1.54, 1.807) is 11.4 Å². The van der Waals surface area contributed by atoms with Crippen molar-refractivity contribution in [2.45, 2.75) is 25.3 Å². The Hall–Kier alpha value is -0.170. The molecule has 0 aliphatic carbocycles. The van der Waals surface area contributed by atoms with Gasteiger partial charge in [0, 0.05) is 19.6 Å². The summed E-state index contributed by atoms with van der Waals surface area (Å²) in [5.74, 6) is 0.241. The number of hydrogen-bond donors (Lipinski definition) is 1. The van der Waals surface area contributed by atoms with E-state index in [0.717, 1.165) is 32.5 Å². The summed E-state index contributed by atoms with van der Waals surface area (Å²) in [5.41, 5.74) is 0. The predicted octanol–water partition coefficient (Wildman–Crippen LogP) is -0.0483. The third-order valence-corrected chi connectivity index (χ3v) is 5.36. The van der Waals surface area contributed by atoms with Crippen LogP contribution in [0.15, 0.2) is 0 Å². The molecule has 1 N–H and O–H groups in total. The van der Waals surface area contributed by atoms with Gasteiger partial charge in [0.1, 0.15) is 0 Å². The van der Waals surface area contributed by atoms with Crippen LogP contribution in [0.5, 0.6) is 0 Å². The maximum Gasteiger partial charge on any atom is 0.214 e. The number of likely N-dealkylation sites (N-methyl/N-ethyl adjacent to an activating group) is 2. The molecule has 0 aromatic rings. The van der Waals surface area contributed by atoms with Gasteiger partial charge >= 0.3 is 0 Å². The van der Waals surface area contributed by atoms with Gasteiger partial charge in [0.15, 0.2) is 0 Å². The summed E-state index contributed by atoms with van der Waals surface area (Å²) >= 11 is 0. The van der Waals surface area contributed by atoms with Gasteiger partial charge in [-0.3, -0.25) is 0 Å². The van der Waals surface area contributed by atoms with Crippen LogP contribution in [0.2, 0.25) is 0 Å². The van der Waals surface area contributed by atoms with Crippen LogP contribution in [-0.4, -0.2) is 70.2 Å². The van der Waals surface area contributed by atoms with E-state index in [0.29, 0.717) is 6.42 Å². The molecule has 102 valence electrons. The minimum Gasteiger partial charge on any atom is -0.320 e. The number of nitrogens with zero attached hydrogens (tertiary/aromatic N) is 2. The van der Waals surface area contributed by atoms with E-state index in [9.17, 15) is 8.42 Å². The first-order chi connectivity index (χ1) is 7.97.